The van der Waals surface area contributed by atoms with Gasteiger partial charge in [-0.15, -0.1) is 45.5 Å². The average Bonchev–Trinajstić information content (AvgIpc) is 3.49. The minimum absolute atomic E-state index is 0. The standard InChI is InChI=1S/C21H27N7S.HI/c1-16-25-26-20(27(16)2)14-23-21(22-13-19-9-6-12-29-19)24-17-10-11-28(15-17)18-7-4-3-5-8-18;/h3-9,12,17H,10-11,13-15H2,1-2H3,(H2,22,23,24);1H. The molecule has 1 aliphatic rings. The Balaban J connectivity index is 0.00000256. The molecule has 1 aromatic carbocycles. The van der Waals surface area contributed by atoms with E-state index in [0.29, 0.717) is 12.6 Å². The van der Waals surface area contributed by atoms with Crippen LogP contribution in [0.25, 0.3) is 0 Å². The Labute approximate surface area is 198 Å². The van der Waals surface area contributed by atoms with E-state index in [2.05, 4.69) is 73.6 Å². The van der Waals surface area contributed by atoms with Crippen molar-refractivity contribution in [1.82, 2.24) is 25.4 Å². The molecule has 1 unspecified atom stereocenters. The van der Waals surface area contributed by atoms with E-state index in [0.717, 1.165) is 43.7 Å². The lowest BCUT2D eigenvalue weighted by atomic mass is 10.2. The van der Waals surface area contributed by atoms with E-state index in [1.165, 1.54) is 10.6 Å². The van der Waals surface area contributed by atoms with E-state index in [-0.39, 0.29) is 24.0 Å². The molecule has 4 rings (SSSR count). The second-order valence-electron chi connectivity index (χ2n) is 7.23. The van der Waals surface area contributed by atoms with Crippen LogP contribution in [0.15, 0.2) is 52.8 Å². The molecule has 1 saturated heterocycles. The Morgan fingerprint density at radius 1 is 1.20 bits per heavy atom. The number of hydrogen-bond acceptors (Lipinski definition) is 5. The summed E-state index contributed by atoms with van der Waals surface area (Å²) >= 11 is 1.75. The molecule has 160 valence electrons. The van der Waals surface area contributed by atoms with Crippen LogP contribution < -0.4 is 15.5 Å². The van der Waals surface area contributed by atoms with Gasteiger partial charge in [-0.25, -0.2) is 4.99 Å². The molecule has 1 atom stereocenters. The fourth-order valence-electron chi connectivity index (χ4n) is 3.42. The van der Waals surface area contributed by atoms with Gasteiger partial charge in [0.15, 0.2) is 11.8 Å². The third-order valence-electron chi connectivity index (χ3n) is 5.22. The number of benzene rings is 1. The van der Waals surface area contributed by atoms with E-state index in [1.54, 1.807) is 11.3 Å². The van der Waals surface area contributed by atoms with Gasteiger partial charge in [-0.2, -0.15) is 0 Å². The minimum Gasteiger partial charge on any atom is -0.369 e. The van der Waals surface area contributed by atoms with Crippen molar-refractivity contribution in [3.63, 3.8) is 0 Å². The highest BCUT2D eigenvalue weighted by Crippen LogP contribution is 2.19. The van der Waals surface area contributed by atoms with Crippen molar-refractivity contribution >= 4 is 47.0 Å². The maximum absolute atomic E-state index is 4.79. The van der Waals surface area contributed by atoms with Crippen LogP contribution in [0.5, 0.6) is 0 Å². The van der Waals surface area contributed by atoms with Crippen LogP contribution in [0.3, 0.4) is 0 Å². The van der Waals surface area contributed by atoms with Gasteiger partial charge in [-0.3, -0.25) is 0 Å². The first-order valence-corrected chi connectivity index (χ1v) is 10.8. The molecule has 0 amide bonds. The molecule has 2 N–H and O–H groups in total. The number of nitrogens with zero attached hydrogens (tertiary/aromatic N) is 5. The van der Waals surface area contributed by atoms with E-state index in [9.17, 15) is 0 Å². The molecule has 0 radical (unpaired) electrons. The minimum atomic E-state index is 0. The van der Waals surface area contributed by atoms with E-state index in [1.807, 2.05) is 18.5 Å². The number of aryl methyl sites for hydroxylation is 1. The highest BCUT2D eigenvalue weighted by molar-refractivity contribution is 14.0. The normalized spacial score (nSPS) is 16.4. The molecule has 2 aromatic heterocycles. The summed E-state index contributed by atoms with van der Waals surface area (Å²) < 4.78 is 1.98. The predicted molar refractivity (Wildman–Crippen MR) is 134 cm³/mol. The van der Waals surface area contributed by atoms with Crippen molar-refractivity contribution in [2.24, 2.45) is 12.0 Å². The number of rotatable bonds is 6. The van der Waals surface area contributed by atoms with E-state index in [4.69, 9.17) is 4.99 Å². The predicted octanol–water partition coefficient (Wildman–Crippen LogP) is 3.32. The molecule has 0 saturated carbocycles. The number of thiophene rings is 1. The van der Waals surface area contributed by atoms with Crippen LogP contribution in [-0.4, -0.2) is 39.9 Å². The summed E-state index contributed by atoms with van der Waals surface area (Å²) in [5, 5.41) is 17.5. The largest absolute Gasteiger partial charge is 0.369 e. The van der Waals surface area contributed by atoms with Gasteiger partial charge in [0.25, 0.3) is 0 Å². The monoisotopic (exact) mass is 537 g/mol. The molecular formula is C21H28IN7S. The topological polar surface area (TPSA) is 70.4 Å². The van der Waals surface area contributed by atoms with Gasteiger partial charge in [0.2, 0.25) is 0 Å². The second-order valence-corrected chi connectivity index (χ2v) is 8.26. The van der Waals surface area contributed by atoms with Gasteiger partial charge < -0.3 is 20.1 Å². The zero-order valence-corrected chi connectivity index (χ0v) is 20.4. The molecule has 9 heteroatoms. The second kappa shape index (κ2) is 10.8. The highest BCUT2D eigenvalue weighted by Gasteiger charge is 2.23. The molecule has 1 fully saturated rings. The summed E-state index contributed by atoms with van der Waals surface area (Å²) in [7, 11) is 1.97. The van der Waals surface area contributed by atoms with Gasteiger partial charge in [0.1, 0.15) is 12.4 Å². The SMILES string of the molecule is Cc1nnc(CN=C(NCc2cccs2)NC2CCN(c3ccccc3)C2)n1C.I. The number of guanidine groups is 1. The van der Waals surface area contributed by atoms with Gasteiger partial charge in [0, 0.05) is 36.7 Å². The number of aliphatic imine (C=N–C) groups is 1. The molecular weight excluding hydrogens is 509 g/mol. The number of para-hydroxylation sites is 1. The van der Waals surface area contributed by atoms with Crippen molar-refractivity contribution < 1.29 is 0 Å². The van der Waals surface area contributed by atoms with Gasteiger partial charge in [-0.1, -0.05) is 24.3 Å². The average molecular weight is 537 g/mol. The lowest BCUT2D eigenvalue weighted by molar-refractivity contribution is 0.644. The quantitative estimate of drug-likeness (QED) is 0.287. The summed E-state index contributed by atoms with van der Waals surface area (Å²) in [6.07, 6.45) is 1.08. The van der Waals surface area contributed by atoms with Gasteiger partial charge >= 0.3 is 0 Å². The third kappa shape index (κ3) is 5.72. The summed E-state index contributed by atoms with van der Waals surface area (Å²) in [4.78, 5) is 8.49. The molecule has 3 heterocycles. The van der Waals surface area contributed by atoms with Crippen molar-refractivity contribution in [3.05, 3.63) is 64.4 Å². The summed E-state index contributed by atoms with van der Waals surface area (Å²) in [5.74, 6) is 2.57. The summed E-state index contributed by atoms with van der Waals surface area (Å²) in [5.41, 5.74) is 1.27. The van der Waals surface area contributed by atoms with Gasteiger partial charge in [0.05, 0.1) is 6.54 Å². The molecule has 0 spiro atoms. The summed E-state index contributed by atoms with van der Waals surface area (Å²) in [6.45, 7) is 5.21. The van der Waals surface area contributed by atoms with Crippen LogP contribution in [0, 0.1) is 6.92 Å². The molecule has 0 bridgehead atoms. The maximum atomic E-state index is 4.79. The Morgan fingerprint density at radius 2 is 2.03 bits per heavy atom. The Morgan fingerprint density at radius 3 is 2.73 bits per heavy atom. The van der Waals surface area contributed by atoms with Crippen LogP contribution in [0.2, 0.25) is 0 Å². The molecule has 3 aromatic rings. The molecule has 0 aliphatic carbocycles. The lowest BCUT2D eigenvalue weighted by Gasteiger charge is -2.20. The first-order chi connectivity index (χ1) is 14.2. The van der Waals surface area contributed by atoms with Crippen molar-refractivity contribution in [1.29, 1.82) is 0 Å². The van der Waals surface area contributed by atoms with Crippen molar-refractivity contribution in [2.75, 3.05) is 18.0 Å². The number of nitrogens with one attached hydrogen (secondary N) is 2. The molecule has 7 nitrogen and oxygen atoms in total. The zero-order valence-electron chi connectivity index (χ0n) is 17.3. The summed E-state index contributed by atoms with van der Waals surface area (Å²) in [6, 6.07) is 15.1. The molecule has 30 heavy (non-hydrogen) atoms. The van der Waals surface area contributed by atoms with Crippen LogP contribution in [-0.2, 0) is 20.1 Å². The number of halogens is 1. The van der Waals surface area contributed by atoms with Crippen LogP contribution >= 0.6 is 35.3 Å². The van der Waals surface area contributed by atoms with Crippen molar-refractivity contribution in [2.45, 2.75) is 32.5 Å². The Kier molecular flexibility index (Phi) is 8.08. The fourth-order valence-corrected chi connectivity index (χ4v) is 4.06. The van der Waals surface area contributed by atoms with Crippen LogP contribution in [0.4, 0.5) is 5.69 Å². The van der Waals surface area contributed by atoms with Gasteiger partial charge in [-0.05, 0) is 36.9 Å². The van der Waals surface area contributed by atoms with Crippen molar-refractivity contribution in [3.8, 4) is 0 Å². The number of hydrogen-bond donors (Lipinski definition) is 2. The highest BCUT2D eigenvalue weighted by atomic mass is 127. The number of anilines is 1. The first-order valence-electron chi connectivity index (χ1n) is 9.91. The Hall–Kier alpha value is -2.14. The van der Waals surface area contributed by atoms with E-state index >= 15 is 0 Å². The lowest BCUT2D eigenvalue weighted by Crippen LogP contribution is -2.44. The van der Waals surface area contributed by atoms with E-state index < -0.39 is 0 Å². The zero-order chi connectivity index (χ0) is 20.1. The van der Waals surface area contributed by atoms with Crippen LogP contribution in [0.1, 0.15) is 22.9 Å². The maximum Gasteiger partial charge on any atom is 0.192 e. The Bertz CT molecular complexity index is 940. The first kappa shape index (κ1) is 22.5. The fraction of sp³-hybridized carbons (Fsp3) is 0.381. The number of aromatic nitrogens is 3. The smallest absolute Gasteiger partial charge is 0.192 e. The molecule has 1 aliphatic heterocycles. The third-order valence-corrected chi connectivity index (χ3v) is 6.10.